The van der Waals surface area contributed by atoms with E-state index in [0.29, 0.717) is 28.9 Å². The number of carbonyl (C=O) groups excluding carboxylic acids is 2. The minimum absolute atomic E-state index is 0.0129. The second kappa shape index (κ2) is 6.77. The van der Waals surface area contributed by atoms with Gasteiger partial charge in [-0.2, -0.15) is 0 Å². The van der Waals surface area contributed by atoms with E-state index in [1.54, 1.807) is 40.6 Å². The van der Waals surface area contributed by atoms with E-state index in [0.717, 1.165) is 12.1 Å². The summed E-state index contributed by atoms with van der Waals surface area (Å²) < 4.78 is 0. The largest absolute Gasteiger partial charge is 0.315 e. The molecule has 3 heterocycles. The molecule has 3 fully saturated rings. The Morgan fingerprint density at radius 1 is 1.35 bits per heavy atom. The fraction of sp³-hybridized carbons (Fsp3) is 0.500. The first kappa shape index (κ1) is 18.2. The summed E-state index contributed by atoms with van der Waals surface area (Å²) >= 11 is 9.25. The molecule has 4 rings (SSSR count). The third-order valence-corrected chi connectivity index (χ3v) is 7.86. The van der Waals surface area contributed by atoms with Crippen molar-refractivity contribution in [1.82, 2.24) is 9.80 Å². The van der Waals surface area contributed by atoms with E-state index in [9.17, 15) is 9.59 Å². The van der Waals surface area contributed by atoms with Crippen molar-refractivity contribution in [2.45, 2.75) is 42.9 Å². The predicted molar refractivity (Wildman–Crippen MR) is 108 cm³/mol. The van der Waals surface area contributed by atoms with Crippen LogP contribution in [0.15, 0.2) is 29.3 Å². The van der Waals surface area contributed by atoms with Crippen LogP contribution in [0.3, 0.4) is 0 Å². The molecule has 0 aliphatic carbocycles. The van der Waals surface area contributed by atoms with Gasteiger partial charge in [0.2, 0.25) is 5.91 Å². The summed E-state index contributed by atoms with van der Waals surface area (Å²) in [6.45, 7) is 4.78. The molecule has 0 aromatic heterocycles. The van der Waals surface area contributed by atoms with Gasteiger partial charge in [0.25, 0.3) is 5.91 Å². The van der Waals surface area contributed by atoms with Gasteiger partial charge in [-0.1, -0.05) is 30.3 Å². The fourth-order valence-corrected chi connectivity index (χ4v) is 6.28. The summed E-state index contributed by atoms with van der Waals surface area (Å²) in [7, 11) is 0. The maximum atomic E-state index is 13.3. The Hall–Kier alpha value is -1.18. The van der Waals surface area contributed by atoms with Gasteiger partial charge < -0.3 is 4.90 Å². The number of hydrogen-bond acceptors (Lipinski definition) is 5. The molecule has 26 heavy (non-hydrogen) atoms. The standard InChI is InChI=1S/C18H20ClN3O2S2/c1-11-9-21(17(26-11)20-13-5-3-12(19)4-6-13)16(24)14-10-25-18(2)8-7-15(23)22(14)18/h3-6,11,14H,7-10H2,1-2H3. The fourth-order valence-electron chi connectivity index (χ4n) is 3.70. The Morgan fingerprint density at radius 2 is 2.08 bits per heavy atom. The molecule has 3 saturated heterocycles. The van der Waals surface area contributed by atoms with Crippen molar-refractivity contribution in [3.8, 4) is 0 Å². The average molecular weight is 410 g/mol. The van der Waals surface area contributed by atoms with Crippen LogP contribution in [0.2, 0.25) is 5.02 Å². The number of amides is 2. The lowest BCUT2D eigenvalue weighted by atomic mass is 10.2. The molecule has 1 aromatic carbocycles. The van der Waals surface area contributed by atoms with Crippen molar-refractivity contribution in [3.05, 3.63) is 29.3 Å². The molecule has 0 spiro atoms. The normalized spacial score (nSPS) is 32.6. The van der Waals surface area contributed by atoms with Crippen LogP contribution in [-0.2, 0) is 9.59 Å². The highest BCUT2D eigenvalue weighted by Gasteiger charge is 2.54. The number of nitrogens with zero attached hydrogens (tertiary/aromatic N) is 3. The highest BCUT2D eigenvalue weighted by atomic mass is 35.5. The van der Waals surface area contributed by atoms with E-state index in [1.165, 1.54) is 0 Å². The van der Waals surface area contributed by atoms with Crippen LogP contribution < -0.4 is 0 Å². The monoisotopic (exact) mass is 409 g/mol. The first-order valence-electron chi connectivity index (χ1n) is 8.66. The van der Waals surface area contributed by atoms with Gasteiger partial charge in [0, 0.05) is 29.0 Å². The molecule has 0 bridgehead atoms. The summed E-state index contributed by atoms with van der Waals surface area (Å²) in [5.41, 5.74) is 0.770. The van der Waals surface area contributed by atoms with Crippen LogP contribution in [0, 0.1) is 0 Å². The highest BCUT2D eigenvalue weighted by Crippen LogP contribution is 2.48. The number of fused-ring (bicyclic) bond motifs is 1. The average Bonchev–Trinajstić information content (AvgIpc) is 3.23. The molecule has 2 amide bonds. The molecule has 8 heteroatoms. The second-order valence-corrected chi connectivity index (χ2v) is 10.4. The zero-order valence-corrected chi connectivity index (χ0v) is 17.0. The van der Waals surface area contributed by atoms with E-state index < -0.39 is 0 Å². The quantitative estimate of drug-likeness (QED) is 0.746. The van der Waals surface area contributed by atoms with Crippen molar-refractivity contribution < 1.29 is 9.59 Å². The van der Waals surface area contributed by atoms with Gasteiger partial charge in [0.1, 0.15) is 6.04 Å². The first-order valence-corrected chi connectivity index (χ1v) is 10.9. The topological polar surface area (TPSA) is 53.0 Å². The molecule has 0 radical (unpaired) electrons. The van der Waals surface area contributed by atoms with E-state index >= 15 is 0 Å². The molecule has 3 unspecified atom stereocenters. The van der Waals surface area contributed by atoms with E-state index in [1.807, 2.05) is 17.0 Å². The van der Waals surface area contributed by atoms with Crippen LogP contribution in [0.4, 0.5) is 5.69 Å². The molecule has 5 nitrogen and oxygen atoms in total. The number of halogens is 1. The summed E-state index contributed by atoms with van der Waals surface area (Å²) in [5.74, 6) is 0.734. The molecule has 1 aromatic rings. The number of thioether (sulfide) groups is 2. The molecule has 3 atom stereocenters. The third kappa shape index (κ3) is 3.14. The number of amidine groups is 1. The van der Waals surface area contributed by atoms with Crippen LogP contribution in [0.25, 0.3) is 0 Å². The Balaban J connectivity index is 1.60. The zero-order valence-electron chi connectivity index (χ0n) is 14.6. The maximum Gasteiger partial charge on any atom is 0.252 e. The second-order valence-electron chi connectivity index (χ2n) is 7.01. The molecule has 138 valence electrons. The van der Waals surface area contributed by atoms with Gasteiger partial charge in [-0.25, -0.2) is 4.99 Å². The number of benzene rings is 1. The van der Waals surface area contributed by atoms with Crippen molar-refractivity contribution in [1.29, 1.82) is 0 Å². The Morgan fingerprint density at radius 3 is 2.81 bits per heavy atom. The van der Waals surface area contributed by atoms with Gasteiger partial charge in [-0.05, 0) is 37.6 Å². The first-order chi connectivity index (χ1) is 12.4. The Labute approximate surface area is 166 Å². The summed E-state index contributed by atoms with van der Waals surface area (Å²) in [6, 6.07) is 6.87. The minimum atomic E-state index is -0.388. The lowest BCUT2D eigenvalue weighted by Gasteiger charge is -2.31. The predicted octanol–water partition coefficient (Wildman–Crippen LogP) is 3.75. The summed E-state index contributed by atoms with van der Waals surface area (Å²) in [6.07, 6.45) is 1.35. The minimum Gasteiger partial charge on any atom is -0.315 e. The van der Waals surface area contributed by atoms with Gasteiger partial charge in [-0.15, -0.1) is 11.8 Å². The lowest BCUT2D eigenvalue weighted by molar-refractivity contribution is -0.141. The molecular formula is C18H20ClN3O2S2. The molecular weight excluding hydrogens is 390 g/mol. The number of hydrogen-bond donors (Lipinski definition) is 0. The summed E-state index contributed by atoms with van der Waals surface area (Å²) in [5, 5.41) is 1.64. The number of rotatable bonds is 2. The van der Waals surface area contributed by atoms with Gasteiger partial charge >= 0.3 is 0 Å². The van der Waals surface area contributed by atoms with E-state index in [2.05, 4.69) is 18.8 Å². The SMILES string of the molecule is CC1CN(C(=O)C2CSC3(C)CCC(=O)N23)C(=Nc2ccc(Cl)cc2)S1. The van der Waals surface area contributed by atoms with Crippen LogP contribution in [0.5, 0.6) is 0 Å². The lowest BCUT2D eigenvalue weighted by Crippen LogP contribution is -2.51. The van der Waals surface area contributed by atoms with Crippen LogP contribution in [-0.4, -0.2) is 55.2 Å². The molecule has 3 aliphatic rings. The van der Waals surface area contributed by atoms with Crippen LogP contribution >= 0.6 is 35.1 Å². The van der Waals surface area contributed by atoms with Crippen molar-refractivity contribution >= 4 is 57.8 Å². The zero-order chi connectivity index (χ0) is 18.5. The molecule has 0 N–H and O–H groups in total. The molecule has 3 aliphatic heterocycles. The Bertz CT molecular complexity index is 785. The van der Waals surface area contributed by atoms with Gasteiger partial charge in [0.15, 0.2) is 5.17 Å². The van der Waals surface area contributed by atoms with Gasteiger partial charge in [-0.3, -0.25) is 14.5 Å². The van der Waals surface area contributed by atoms with Crippen molar-refractivity contribution in [2.75, 3.05) is 12.3 Å². The number of aliphatic imine (C=N–C) groups is 1. The van der Waals surface area contributed by atoms with Crippen LogP contribution in [0.1, 0.15) is 26.7 Å². The summed E-state index contributed by atoms with van der Waals surface area (Å²) in [4.78, 5) is 33.6. The van der Waals surface area contributed by atoms with Crippen molar-refractivity contribution in [3.63, 3.8) is 0 Å². The highest BCUT2D eigenvalue weighted by molar-refractivity contribution is 8.14. The molecule has 0 saturated carbocycles. The maximum absolute atomic E-state index is 13.3. The van der Waals surface area contributed by atoms with E-state index in [4.69, 9.17) is 11.6 Å². The third-order valence-electron chi connectivity index (χ3n) is 5.02. The Kier molecular flexibility index (Phi) is 4.73. The smallest absolute Gasteiger partial charge is 0.252 e. The van der Waals surface area contributed by atoms with E-state index in [-0.39, 0.29) is 28.0 Å². The van der Waals surface area contributed by atoms with Gasteiger partial charge in [0.05, 0.1) is 10.6 Å². The number of carbonyl (C=O) groups is 2. The van der Waals surface area contributed by atoms with Crippen molar-refractivity contribution in [2.24, 2.45) is 4.99 Å².